The Bertz CT molecular complexity index is 1060. The topological polar surface area (TPSA) is 78.5 Å². The van der Waals surface area contributed by atoms with E-state index < -0.39 is 11.7 Å². The number of likely N-dealkylation sites (tertiary alicyclic amines) is 1. The van der Waals surface area contributed by atoms with Gasteiger partial charge in [-0.15, -0.1) is 0 Å². The minimum Gasteiger partial charge on any atom is -0.339 e. The van der Waals surface area contributed by atoms with Gasteiger partial charge >= 0.3 is 6.18 Å². The van der Waals surface area contributed by atoms with Crippen molar-refractivity contribution in [1.82, 2.24) is 4.90 Å². The van der Waals surface area contributed by atoms with Gasteiger partial charge in [0.1, 0.15) is 0 Å². The lowest BCUT2D eigenvalue weighted by molar-refractivity contribution is -0.137. The van der Waals surface area contributed by atoms with Crippen LogP contribution in [0, 0.1) is 5.92 Å². The van der Waals surface area contributed by atoms with Gasteiger partial charge in [-0.25, -0.2) is 0 Å². The first-order chi connectivity index (χ1) is 15.7. The van der Waals surface area contributed by atoms with Gasteiger partial charge in [-0.2, -0.15) is 13.2 Å². The number of rotatable bonds is 3. The first-order valence-corrected chi connectivity index (χ1v) is 10.9. The third-order valence-electron chi connectivity index (χ3n) is 6.11. The Balaban J connectivity index is 1.32. The van der Waals surface area contributed by atoms with Crippen LogP contribution in [0.15, 0.2) is 42.5 Å². The maximum Gasteiger partial charge on any atom is 0.416 e. The second kappa shape index (κ2) is 9.25. The maximum absolute atomic E-state index is 12.7. The van der Waals surface area contributed by atoms with Gasteiger partial charge in [-0.05, 0) is 73.7 Å². The van der Waals surface area contributed by atoms with Crippen molar-refractivity contribution < 1.29 is 27.6 Å². The largest absolute Gasteiger partial charge is 0.416 e. The van der Waals surface area contributed by atoms with Gasteiger partial charge in [-0.3, -0.25) is 14.4 Å². The number of hydrogen-bond donors (Lipinski definition) is 2. The second-order valence-corrected chi connectivity index (χ2v) is 8.40. The molecule has 4 rings (SSSR count). The number of aryl methyl sites for hydroxylation is 1. The molecule has 3 amide bonds. The highest BCUT2D eigenvalue weighted by molar-refractivity contribution is 5.96. The van der Waals surface area contributed by atoms with E-state index in [1.807, 2.05) is 6.07 Å². The molecule has 0 aliphatic carbocycles. The monoisotopic (exact) mass is 459 g/mol. The summed E-state index contributed by atoms with van der Waals surface area (Å²) in [5.74, 6) is -0.743. The summed E-state index contributed by atoms with van der Waals surface area (Å²) in [5.41, 5.74) is 1.82. The molecule has 2 aliphatic rings. The Morgan fingerprint density at radius 1 is 1.00 bits per heavy atom. The van der Waals surface area contributed by atoms with Crippen molar-refractivity contribution in [3.05, 3.63) is 59.2 Å². The molecule has 2 heterocycles. The molecule has 6 nitrogen and oxygen atoms in total. The van der Waals surface area contributed by atoms with Gasteiger partial charge in [0.25, 0.3) is 5.91 Å². The summed E-state index contributed by atoms with van der Waals surface area (Å²) in [5, 5.41) is 5.79. The van der Waals surface area contributed by atoms with Crippen LogP contribution in [0.25, 0.3) is 0 Å². The average molecular weight is 459 g/mol. The fourth-order valence-electron chi connectivity index (χ4n) is 4.23. The Morgan fingerprint density at radius 3 is 2.36 bits per heavy atom. The van der Waals surface area contributed by atoms with E-state index in [4.69, 9.17) is 0 Å². The first kappa shape index (κ1) is 22.8. The Labute approximate surface area is 189 Å². The number of halogens is 3. The van der Waals surface area contributed by atoms with Crippen LogP contribution >= 0.6 is 0 Å². The van der Waals surface area contributed by atoms with Crippen LogP contribution in [0.5, 0.6) is 0 Å². The van der Waals surface area contributed by atoms with E-state index in [0.29, 0.717) is 38.0 Å². The summed E-state index contributed by atoms with van der Waals surface area (Å²) in [6, 6.07) is 9.60. The van der Waals surface area contributed by atoms with Crippen LogP contribution in [-0.2, 0) is 22.2 Å². The zero-order valence-electron chi connectivity index (χ0n) is 17.9. The highest BCUT2D eigenvalue weighted by atomic mass is 19.4. The van der Waals surface area contributed by atoms with Crippen LogP contribution in [0.1, 0.15) is 47.2 Å². The van der Waals surface area contributed by atoms with Crippen molar-refractivity contribution in [2.45, 2.75) is 38.3 Å². The highest BCUT2D eigenvalue weighted by Crippen LogP contribution is 2.30. The summed E-state index contributed by atoms with van der Waals surface area (Å²) >= 11 is 0. The number of piperidine rings is 1. The predicted octanol–water partition coefficient (Wildman–Crippen LogP) is 4.47. The molecule has 0 radical (unpaired) electrons. The molecular weight excluding hydrogens is 435 g/mol. The van der Waals surface area contributed by atoms with Crippen LogP contribution in [-0.4, -0.2) is 35.7 Å². The zero-order valence-corrected chi connectivity index (χ0v) is 17.9. The third-order valence-corrected chi connectivity index (χ3v) is 6.11. The number of carbonyl (C=O) groups excluding carboxylic acids is 3. The molecule has 0 bridgehead atoms. The van der Waals surface area contributed by atoms with E-state index in [1.54, 1.807) is 17.0 Å². The van der Waals surface area contributed by atoms with Gasteiger partial charge in [0.2, 0.25) is 11.8 Å². The molecular formula is C24H24F3N3O3. The third kappa shape index (κ3) is 5.35. The quantitative estimate of drug-likeness (QED) is 0.711. The van der Waals surface area contributed by atoms with Gasteiger partial charge in [0.15, 0.2) is 0 Å². The van der Waals surface area contributed by atoms with Crippen LogP contribution in [0.3, 0.4) is 0 Å². The molecule has 0 unspecified atom stereocenters. The molecule has 1 saturated heterocycles. The fraction of sp³-hybridized carbons (Fsp3) is 0.375. The molecule has 0 atom stereocenters. The average Bonchev–Trinajstić information content (AvgIpc) is 2.98. The molecule has 0 saturated carbocycles. The Morgan fingerprint density at radius 2 is 1.70 bits per heavy atom. The summed E-state index contributed by atoms with van der Waals surface area (Å²) < 4.78 is 38.2. The van der Waals surface area contributed by atoms with Crippen molar-refractivity contribution in [1.29, 1.82) is 0 Å². The number of anilines is 2. The first-order valence-electron chi connectivity index (χ1n) is 10.9. The molecule has 1 fully saturated rings. The molecule has 0 aromatic heterocycles. The number of nitrogens with zero attached hydrogens (tertiary/aromatic N) is 1. The zero-order chi connectivity index (χ0) is 23.6. The number of amides is 3. The van der Waals surface area contributed by atoms with Gasteiger partial charge < -0.3 is 15.5 Å². The van der Waals surface area contributed by atoms with Gasteiger partial charge in [0.05, 0.1) is 5.56 Å². The van der Waals surface area contributed by atoms with Gasteiger partial charge in [0, 0.05) is 42.4 Å². The molecule has 2 N–H and O–H groups in total. The predicted molar refractivity (Wildman–Crippen MR) is 117 cm³/mol. The fourth-order valence-corrected chi connectivity index (χ4v) is 4.23. The summed E-state index contributed by atoms with van der Waals surface area (Å²) in [6.07, 6.45) is -1.53. The van der Waals surface area contributed by atoms with E-state index in [9.17, 15) is 27.6 Å². The number of carbonyl (C=O) groups is 3. The minimum absolute atomic E-state index is 0.0110. The number of nitrogens with one attached hydrogen (secondary N) is 2. The molecule has 174 valence electrons. The van der Waals surface area contributed by atoms with Crippen LogP contribution in [0.2, 0.25) is 0 Å². The molecule has 9 heteroatoms. The van der Waals surface area contributed by atoms with Crippen LogP contribution in [0.4, 0.5) is 24.5 Å². The SMILES string of the molecule is O=C1CCCc2cc(NC(=O)C3CCN(C(=O)c4ccc(C(F)(F)F)cc4)CC3)ccc2N1. The maximum atomic E-state index is 12.7. The van der Waals surface area contributed by atoms with Crippen LogP contribution < -0.4 is 10.6 Å². The van der Waals surface area contributed by atoms with E-state index in [2.05, 4.69) is 10.6 Å². The lowest BCUT2D eigenvalue weighted by Gasteiger charge is -2.31. The number of benzene rings is 2. The lowest BCUT2D eigenvalue weighted by atomic mass is 9.95. The number of fused-ring (bicyclic) bond motifs is 1. The molecule has 0 spiro atoms. The van der Waals surface area contributed by atoms with Gasteiger partial charge in [-0.1, -0.05) is 0 Å². The lowest BCUT2D eigenvalue weighted by Crippen LogP contribution is -2.41. The van der Waals surface area contributed by atoms with E-state index in [1.165, 1.54) is 12.1 Å². The Hall–Kier alpha value is -3.36. The van der Waals surface area contributed by atoms with Crippen molar-refractivity contribution in [2.75, 3.05) is 23.7 Å². The molecule has 2 aromatic rings. The van der Waals surface area contributed by atoms with E-state index in [0.717, 1.165) is 36.2 Å². The van der Waals surface area contributed by atoms with Crippen molar-refractivity contribution in [3.8, 4) is 0 Å². The number of alkyl halides is 3. The summed E-state index contributed by atoms with van der Waals surface area (Å²) in [6.45, 7) is 0.711. The molecule has 2 aromatic carbocycles. The van der Waals surface area contributed by atoms with E-state index in [-0.39, 0.29) is 29.2 Å². The minimum atomic E-state index is -4.45. The smallest absolute Gasteiger partial charge is 0.339 e. The number of hydrogen-bond acceptors (Lipinski definition) is 3. The standard InChI is InChI=1S/C24H24F3N3O3/c25-24(26,27)18-6-4-16(5-7-18)23(33)30-12-10-15(11-13-30)22(32)28-19-8-9-20-17(14-19)2-1-3-21(31)29-20/h4-9,14-15H,1-3,10-13H2,(H,28,32)(H,29,31). The molecule has 2 aliphatic heterocycles. The van der Waals surface area contributed by atoms with E-state index >= 15 is 0 Å². The van der Waals surface area contributed by atoms with Crippen molar-refractivity contribution in [3.63, 3.8) is 0 Å². The molecule has 33 heavy (non-hydrogen) atoms. The van der Waals surface area contributed by atoms with Crippen molar-refractivity contribution >= 4 is 29.1 Å². The second-order valence-electron chi connectivity index (χ2n) is 8.40. The highest BCUT2D eigenvalue weighted by Gasteiger charge is 2.31. The summed E-state index contributed by atoms with van der Waals surface area (Å²) in [4.78, 5) is 38.6. The Kier molecular flexibility index (Phi) is 6.40. The summed E-state index contributed by atoms with van der Waals surface area (Å²) in [7, 11) is 0. The normalized spacial score (nSPS) is 17.1. The van der Waals surface area contributed by atoms with Crippen molar-refractivity contribution in [2.24, 2.45) is 5.92 Å².